The molecule has 0 atom stereocenters. The molecule has 0 fully saturated rings. The highest BCUT2D eigenvalue weighted by molar-refractivity contribution is 7.92. The summed E-state index contributed by atoms with van der Waals surface area (Å²) in [6, 6.07) is 11.4. The van der Waals surface area contributed by atoms with Crippen molar-refractivity contribution in [3.05, 3.63) is 48.0 Å². The van der Waals surface area contributed by atoms with Crippen LogP contribution in [-0.4, -0.2) is 21.4 Å². The summed E-state index contributed by atoms with van der Waals surface area (Å²) in [4.78, 5) is 12.1. The molecule has 0 saturated carbocycles. The summed E-state index contributed by atoms with van der Waals surface area (Å²) < 4.78 is 33.1. The Morgan fingerprint density at radius 1 is 1.08 bits per heavy atom. The predicted molar refractivity (Wildman–Crippen MR) is 103 cm³/mol. The van der Waals surface area contributed by atoms with Gasteiger partial charge in [0.05, 0.1) is 12.0 Å². The van der Waals surface area contributed by atoms with Gasteiger partial charge in [0.15, 0.2) is 0 Å². The molecule has 2 aromatic carbocycles. The first kappa shape index (κ1) is 19.8. The first-order valence-corrected chi connectivity index (χ1v) is 9.77. The minimum absolute atomic E-state index is 0.121. The molecule has 0 aliphatic carbocycles. The number of hydrogen-bond acceptors (Lipinski definition) is 4. The summed E-state index contributed by atoms with van der Waals surface area (Å²) in [5, 5.41) is 2.74. The monoisotopic (exact) mass is 376 g/mol. The number of ether oxygens (including phenoxy) is 1. The topological polar surface area (TPSA) is 84.5 Å². The highest BCUT2D eigenvalue weighted by Gasteiger charge is 2.18. The van der Waals surface area contributed by atoms with Gasteiger partial charge in [-0.1, -0.05) is 19.9 Å². The minimum Gasteiger partial charge on any atom is -0.497 e. The van der Waals surface area contributed by atoms with Gasteiger partial charge in [0, 0.05) is 17.8 Å². The number of methoxy groups -OCH3 is 1. The van der Waals surface area contributed by atoms with Crippen LogP contribution < -0.4 is 14.8 Å². The van der Waals surface area contributed by atoms with Gasteiger partial charge >= 0.3 is 0 Å². The quantitative estimate of drug-likeness (QED) is 0.770. The van der Waals surface area contributed by atoms with Gasteiger partial charge in [0.2, 0.25) is 5.91 Å². The average molecular weight is 376 g/mol. The summed E-state index contributed by atoms with van der Waals surface area (Å²) in [6.07, 6.45) is 0.375. The summed E-state index contributed by atoms with van der Waals surface area (Å²) in [6.45, 7) is 5.61. The molecule has 140 valence electrons. The third-order valence-electron chi connectivity index (χ3n) is 3.70. The van der Waals surface area contributed by atoms with E-state index < -0.39 is 10.0 Å². The third-order valence-corrected chi connectivity index (χ3v) is 5.22. The van der Waals surface area contributed by atoms with Gasteiger partial charge in [-0.05, 0) is 54.8 Å². The smallest absolute Gasteiger partial charge is 0.262 e. The van der Waals surface area contributed by atoms with E-state index in [1.165, 1.54) is 6.07 Å². The molecule has 0 aromatic heterocycles. The van der Waals surface area contributed by atoms with Crippen LogP contribution in [0.15, 0.2) is 47.4 Å². The van der Waals surface area contributed by atoms with Gasteiger partial charge in [0.1, 0.15) is 5.75 Å². The van der Waals surface area contributed by atoms with Crippen molar-refractivity contribution in [2.24, 2.45) is 5.92 Å². The number of sulfonamides is 1. The number of aryl methyl sites for hydroxylation is 1. The number of amides is 1. The Morgan fingerprint density at radius 3 is 2.27 bits per heavy atom. The summed E-state index contributed by atoms with van der Waals surface area (Å²) in [5.74, 6) is 0.717. The lowest BCUT2D eigenvalue weighted by atomic mass is 10.1. The molecule has 0 saturated heterocycles. The predicted octanol–water partition coefficient (Wildman–Crippen LogP) is 3.79. The normalized spacial score (nSPS) is 11.3. The second-order valence-electron chi connectivity index (χ2n) is 6.46. The van der Waals surface area contributed by atoms with Gasteiger partial charge in [-0.15, -0.1) is 0 Å². The zero-order valence-electron chi connectivity index (χ0n) is 15.4. The molecule has 26 heavy (non-hydrogen) atoms. The van der Waals surface area contributed by atoms with Crippen LogP contribution in [0, 0.1) is 12.8 Å². The Morgan fingerprint density at radius 2 is 1.69 bits per heavy atom. The van der Waals surface area contributed by atoms with Gasteiger partial charge in [-0.2, -0.15) is 0 Å². The van der Waals surface area contributed by atoms with E-state index in [9.17, 15) is 13.2 Å². The molecule has 6 nitrogen and oxygen atoms in total. The van der Waals surface area contributed by atoms with Crippen LogP contribution in [0.25, 0.3) is 0 Å². The van der Waals surface area contributed by atoms with E-state index in [-0.39, 0.29) is 16.7 Å². The zero-order chi connectivity index (χ0) is 19.3. The molecule has 0 bridgehead atoms. The molecular weight excluding hydrogens is 352 g/mol. The van der Waals surface area contributed by atoms with Crippen molar-refractivity contribution in [1.82, 2.24) is 0 Å². The number of hydrogen-bond donors (Lipinski definition) is 2. The number of benzene rings is 2. The number of nitrogens with one attached hydrogen (secondary N) is 2. The van der Waals surface area contributed by atoms with Crippen molar-refractivity contribution in [1.29, 1.82) is 0 Å². The first-order valence-electron chi connectivity index (χ1n) is 8.28. The van der Waals surface area contributed by atoms with Crippen LogP contribution in [0.4, 0.5) is 11.4 Å². The van der Waals surface area contributed by atoms with E-state index in [1.807, 2.05) is 13.8 Å². The highest BCUT2D eigenvalue weighted by Crippen LogP contribution is 2.24. The molecule has 1 amide bonds. The molecule has 7 heteroatoms. The molecule has 0 spiro atoms. The van der Waals surface area contributed by atoms with E-state index in [0.717, 1.165) is 0 Å². The third kappa shape index (κ3) is 5.23. The second-order valence-corrected chi connectivity index (χ2v) is 8.11. The maximum atomic E-state index is 12.7. The zero-order valence-corrected chi connectivity index (χ0v) is 16.2. The summed E-state index contributed by atoms with van der Waals surface area (Å²) >= 11 is 0. The average Bonchev–Trinajstić information content (AvgIpc) is 2.56. The summed E-state index contributed by atoms with van der Waals surface area (Å²) in [5.41, 5.74) is 1.48. The number of rotatable bonds is 7. The molecule has 2 N–H and O–H groups in total. The molecule has 2 aromatic rings. The fourth-order valence-electron chi connectivity index (χ4n) is 2.42. The van der Waals surface area contributed by atoms with Crippen LogP contribution >= 0.6 is 0 Å². The van der Waals surface area contributed by atoms with E-state index >= 15 is 0 Å². The van der Waals surface area contributed by atoms with Crippen LogP contribution in [0.5, 0.6) is 5.75 Å². The van der Waals surface area contributed by atoms with E-state index in [4.69, 9.17) is 4.74 Å². The van der Waals surface area contributed by atoms with Crippen molar-refractivity contribution in [2.45, 2.75) is 32.1 Å². The number of anilines is 2. The molecular formula is C19H24N2O4S. The van der Waals surface area contributed by atoms with E-state index in [1.54, 1.807) is 50.4 Å². The highest BCUT2D eigenvalue weighted by atomic mass is 32.2. The van der Waals surface area contributed by atoms with Crippen LogP contribution in [-0.2, 0) is 14.8 Å². The van der Waals surface area contributed by atoms with Gasteiger partial charge < -0.3 is 10.1 Å². The maximum Gasteiger partial charge on any atom is 0.262 e. The standard InChI is InChI=1S/C19H24N2O4S/c1-13(2)11-19(22)20-16-6-5-14(3)18(12-16)26(23,24)21-15-7-9-17(25-4)10-8-15/h5-10,12-13,21H,11H2,1-4H3,(H,20,22). The van der Waals surface area contributed by atoms with Crippen LogP contribution in [0.1, 0.15) is 25.8 Å². The largest absolute Gasteiger partial charge is 0.497 e. The van der Waals surface area contributed by atoms with Gasteiger partial charge in [-0.3, -0.25) is 9.52 Å². The molecule has 0 radical (unpaired) electrons. The summed E-state index contributed by atoms with van der Waals surface area (Å²) in [7, 11) is -2.24. The Kier molecular flexibility index (Phi) is 6.26. The molecule has 0 aliphatic rings. The first-order chi connectivity index (χ1) is 12.2. The Balaban J connectivity index is 2.24. The van der Waals surface area contributed by atoms with Crippen LogP contribution in [0.3, 0.4) is 0 Å². The van der Waals surface area contributed by atoms with Crippen molar-refractivity contribution >= 4 is 27.3 Å². The SMILES string of the molecule is COc1ccc(NS(=O)(=O)c2cc(NC(=O)CC(C)C)ccc2C)cc1. The van der Waals surface area contributed by atoms with Crippen molar-refractivity contribution in [3.8, 4) is 5.75 Å². The van der Waals surface area contributed by atoms with Crippen LogP contribution in [0.2, 0.25) is 0 Å². The van der Waals surface area contributed by atoms with Crippen molar-refractivity contribution in [3.63, 3.8) is 0 Å². The molecule has 0 aliphatic heterocycles. The lowest BCUT2D eigenvalue weighted by Crippen LogP contribution is -2.17. The second kappa shape index (κ2) is 8.23. The van der Waals surface area contributed by atoms with E-state index in [0.29, 0.717) is 29.1 Å². The molecule has 0 unspecified atom stereocenters. The molecule has 0 heterocycles. The Labute approximate surface area is 154 Å². The Bertz CT molecular complexity index is 875. The minimum atomic E-state index is -3.79. The van der Waals surface area contributed by atoms with Crippen molar-refractivity contribution in [2.75, 3.05) is 17.1 Å². The Hall–Kier alpha value is -2.54. The van der Waals surface area contributed by atoms with E-state index in [2.05, 4.69) is 10.0 Å². The lowest BCUT2D eigenvalue weighted by Gasteiger charge is -2.13. The maximum absolute atomic E-state index is 12.7. The van der Waals surface area contributed by atoms with Gasteiger partial charge in [0.25, 0.3) is 10.0 Å². The fourth-order valence-corrected chi connectivity index (χ4v) is 3.75. The van der Waals surface area contributed by atoms with Crippen molar-refractivity contribution < 1.29 is 17.9 Å². The molecule has 2 rings (SSSR count). The fraction of sp³-hybridized carbons (Fsp3) is 0.316. The number of carbonyl (C=O) groups is 1. The number of carbonyl (C=O) groups excluding carboxylic acids is 1. The lowest BCUT2D eigenvalue weighted by molar-refractivity contribution is -0.116. The van der Waals surface area contributed by atoms with Gasteiger partial charge in [-0.25, -0.2) is 8.42 Å².